The van der Waals surface area contributed by atoms with E-state index in [1.54, 1.807) is 24.0 Å². The van der Waals surface area contributed by atoms with Gasteiger partial charge in [0.2, 0.25) is 0 Å². The van der Waals surface area contributed by atoms with Gasteiger partial charge in [-0.15, -0.1) is 0 Å². The Morgan fingerprint density at radius 3 is 2.48 bits per heavy atom. The predicted molar refractivity (Wildman–Crippen MR) is 105 cm³/mol. The van der Waals surface area contributed by atoms with Gasteiger partial charge in [0.05, 0.1) is 0 Å². The molecule has 152 valence electrons. The quantitative estimate of drug-likeness (QED) is 0.590. The Bertz CT molecular complexity index is 943. The second-order valence-corrected chi connectivity index (χ2v) is 6.34. The first-order valence-corrected chi connectivity index (χ1v) is 8.99. The zero-order valence-electron chi connectivity index (χ0n) is 15.8. The van der Waals surface area contributed by atoms with Crippen molar-refractivity contribution in [3.05, 3.63) is 71.9 Å². The van der Waals surface area contributed by atoms with Crippen LogP contribution in [0.15, 0.2) is 60.8 Å². The third-order valence-electron chi connectivity index (χ3n) is 3.99. The van der Waals surface area contributed by atoms with Crippen molar-refractivity contribution in [1.82, 2.24) is 9.78 Å². The number of carbonyl (C=O) groups excluding carboxylic acids is 1. The Morgan fingerprint density at radius 2 is 1.83 bits per heavy atom. The number of hydrogen-bond acceptors (Lipinski definition) is 4. The van der Waals surface area contributed by atoms with Crippen LogP contribution in [0.1, 0.15) is 15.9 Å². The third kappa shape index (κ3) is 5.78. The largest absolute Gasteiger partial charge is 0.489 e. The van der Waals surface area contributed by atoms with Crippen molar-refractivity contribution >= 4 is 11.7 Å². The van der Waals surface area contributed by atoms with Crippen molar-refractivity contribution in [2.75, 3.05) is 18.7 Å². The molecule has 1 N–H and O–H groups in total. The molecule has 0 bridgehead atoms. The summed E-state index contributed by atoms with van der Waals surface area (Å²) in [6.45, 7) is -1.70. The Morgan fingerprint density at radius 1 is 1.10 bits per heavy atom. The number of carbonyl (C=O) groups is 1. The van der Waals surface area contributed by atoms with Crippen molar-refractivity contribution in [3.8, 4) is 11.5 Å². The number of ether oxygens (including phenoxy) is 2. The maximum atomic E-state index is 12.9. The highest BCUT2D eigenvalue weighted by Crippen LogP contribution is 2.25. The fraction of sp³-hybridized carbons (Fsp3) is 0.238. The number of aromatic nitrogens is 2. The predicted octanol–water partition coefficient (Wildman–Crippen LogP) is 3.94. The summed E-state index contributed by atoms with van der Waals surface area (Å²) in [5.41, 5.74) is 1.15. The topological polar surface area (TPSA) is 65.4 Å². The van der Waals surface area contributed by atoms with E-state index in [4.69, 9.17) is 9.47 Å². The Balaban J connectivity index is 1.81. The molecule has 0 aliphatic heterocycles. The van der Waals surface area contributed by atoms with Gasteiger partial charge in [0, 0.05) is 30.9 Å². The minimum absolute atomic E-state index is 0.141. The molecule has 29 heavy (non-hydrogen) atoms. The smallest absolute Gasteiger partial charge is 0.257 e. The van der Waals surface area contributed by atoms with Gasteiger partial charge < -0.3 is 14.8 Å². The number of alkyl halides is 2. The fourth-order valence-electron chi connectivity index (χ4n) is 2.56. The summed E-state index contributed by atoms with van der Waals surface area (Å²) in [7, 11) is 1.73. The summed E-state index contributed by atoms with van der Waals surface area (Å²) in [5.74, 6) is 0.410. The number of halogens is 2. The van der Waals surface area contributed by atoms with Gasteiger partial charge in [-0.25, -0.2) is 8.78 Å². The lowest BCUT2D eigenvalue weighted by atomic mass is 10.1. The highest BCUT2D eigenvalue weighted by Gasteiger charge is 2.15. The van der Waals surface area contributed by atoms with Gasteiger partial charge in [-0.3, -0.25) is 9.48 Å². The summed E-state index contributed by atoms with van der Waals surface area (Å²) in [6, 6.07) is 15.6. The van der Waals surface area contributed by atoms with E-state index < -0.39 is 25.4 Å². The first kappa shape index (κ1) is 20.3. The number of anilines is 1. The summed E-state index contributed by atoms with van der Waals surface area (Å²) in [4.78, 5) is 12.6. The fourth-order valence-corrected chi connectivity index (χ4v) is 2.56. The average molecular weight is 401 g/mol. The van der Waals surface area contributed by atoms with Crippen LogP contribution in [0, 0.1) is 0 Å². The molecule has 2 aromatic carbocycles. The molecular weight excluding hydrogens is 380 g/mol. The van der Waals surface area contributed by atoms with E-state index in [1.165, 1.54) is 18.2 Å². The van der Waals surface area contributed by atoms with Crippen LogP contribution >= 0.6 is 0 Å². The molecular formula is C21H21F2N3O3. The van der Waals surface area contributed by atoms with Crippen LogP contribution in [-0.2, 0) is 13.7 Å². The number of hydrogen-bond donors (Lipinski definition) is 1. The maximum Gasteiger partial charge on any atom is 0.257 e. The molecule has 1 heterocycles. The van der Waals surface area contributed by atoms with Gasteiger partial charge in [0.15, 0.2) is 11.9 Å². The zero-order valence-corrected chi connectivity index (χ0v) is 15.8. The molecule has 0 radical (unpaired) electrons. The minimum Gasteiger partial charge on any atom is -0.489 e. The molecule has 1 amide bonds. The first-order valence-electron chi connectivity index (χ1n) is 8.99. The van der Waals surface area contributed by atoms with E-state index in [1.807, 2.05) is 30.3 Å². The molecule has 0 unspecified atom stereocenters. The lowest BCUT2D eigenvalue weighted by Gasteiger charge is -2.15. The van der Waals surface area contributed by atoms with E-state index in [0.29, 0.717) is 11.6 Å². The molecule has 6 nitrogen and oxygen atoms in total. The van der Waals surface area contributed by atoms with Crippen LogP contribution in [0.5, 0.6) is 11.5 Å². The molecule has 3 rings (SSSR count). The normalized spacial score (nSPS) is 10.8. The van der Waals surface area contributed by atoms with Crippen LogP contribution in [0.4, 0.5) is 14.6 Å². The zero-order chi connectivity index (χ0) is 20.6. The van der Waals surface area contributed by atoms with Crippen molar-refractivity contribution in [3.63, 3.8) is 0 Å². The number of benzene rings is 2. The molecule has 0 saturated carbocycles. The molecule has 0 saturated heterocycles. The van der Waals surface area contributed by atoms with E-state index in [9.17, 15) is 13.6 Å². The van der Waals surface area contributed by atoms with Gasteiger partial charge in [0.1, 0.15) is 31.5 Å². The number of rotatable bonds is 9. The molecule has 8 heteroatoms. The number of nitrogens with one attached hydrogen (secondary N) is 1. The number of amides is 1. The minimum atomic E-state index is -1.24. The molecule has 0 aliphatic rings. The highest BCUT2D eigenvalue weighted by atomic mass is 19.1. The van der Waals surface area contributed by atoms with Gasteiger partial charge in [-0.2, -0.15) is 5.10 Å². The lowest BCUT2D eigenvalue weighted by molar-refractivity contribution is 0.102. The van der Waals surface area contributed by atoms with Crippen LogP contribution in [0.2, 0.25) is 0 Å². The van der Waals surface area contributed by atoms with Gasteiger partial charge >= 0.3 is 0 Å². The SMILES string of the molecule is Cn1ccc(NC(=O)c2cc(OCc3ccccc3)cc(OC(CF)CF)c2)n1. The van der Waals surface area contributed by atoms with E-state index in [0.717, 1.165) is 5.56 Å². The number of nitrogens with zero attached hydrogens (tertiary/aromatic N) is 2. The van der Waals surface area contributed by atoms with Crippen LogP contribution < -0.4 is 14.8 Å². The molecule has 3 aromatic rings. The average Bonchev–Trinajstić information content (AvgIpc) is 3.15. The van der Waals surface area contributed by atoms with Gasteiger partial charge in [-0.1, -0.05) is 30.3 Å². The van der Waals surface area contributed by atoms with Crippen LogP contribution in [-0.4, -0.2) is 35.1 Å². The second kappa shape index (κ2) is 9.68. The van der Waals surface area contributed by atoms with Crippen molar-refractivity contribution < 1.29 is 23.0 Å². The first-order chi connectivity index (χ1) is 14.1. The highest BCUT2D eigenvalue weighted by molar-refractivity contribution is 6.04. The van der Waals surface area contributed by atoms with Crippen molar-refractivity contribution in [2.24, 2.45) is 7.05 Å². The van der Waals surface area contributed by atoms with Crippen molar-refractivity contribution in [1.29, 1.82) is 0 Å². The maximum absolute atomic E-state index is 12.9. The van der Waals surface area contributed by atoms with Crippen molar-refractivity contribution in [2.45, 2.75) is 12.7 Å². The second-order valence-electron chi connectivity index (χ2n) is 6.34. The van der Waals surface area contributed by atoms with Crippen LogP contribution in [0.3, 0.4) is 0 Å². The summed E-state index contributed by atoms with van der Waals surface area (Å²) < 4.78 is 38.4. The summed E-state index contributed by atoms with van der Waals surface area (Å²) >= 11 is 0. The Labute approximate surface area is 167 Å². The molecule has 0 fully saturated rings. The summed E-state index contributed by atoms with van der Waals surface area (Å²) in [6.07, 6.45) is 0.447. The van der Waals surface area contributed by atoms with E-state index in [-0.39, 0.29) is 17.9 Å². The lowest BCUT2D eigenvalue weighted by Crippen LogP contribution is -2.21. The van der Waals surface area contributed by atoms with Crippen LogP contribution in [0.25, 0.3) is 0 Å². The van der Waals surface area contributed by atoms with E-state index in [2.05, 4.69) is 10.4 Å². The molecule has 1 aromatic heterocycles. The van der Waals surface area contributed by atoms with Gasteiger partial charge in [0.25, 0.3) is 5.91 Å². The molecule has 0 aliphatic carbocycles. The monoisotopic (exact) mass is 401 g/mol. The van der Waals surface area contributed by atoms with Gasteiger partial charge in [-0.05, 0) is 17.7 Å². The molecule has 0 atom stereocenters. The third-order valence-corrected chi connectivity index (χ3v) is 3.99. The standard InChI is InChI=1S/C21H21F2N3O3/c1-26-8-7-20(25-26)24-21(27)16-9-17(28-14-15-5-3-2-4-6-15)11-18(10-16)29-19(12-22)13-23/h2-11,19H,12-14H2,1H3,(H,24,25,27). The molecule has 0 spiro atoms. The summed E-state index contributed by atoms with van der Waals surface area (Å²) in [5, 5.41) is 6.75. The Hall–Kier alpha value is -3.42. The van der Waals surface area contributed by atoms with E-state index >= 15 is 0 Å². The Kier molecular flexibility index (Phi) is 6.78. The number of aryl methyl sites for hydroxylation is 1.